The number of nitrogens with zero attached hydrogens (tertiary/aromatic N) is 1. The van der Waals surface area contributed by atoms with Gasteiger partial charge in [0.05, 0.1) is 6.54 Å². The van der Waals surface area contributed by atoms with Crippen molar-refractivity contribution >= 4 is 0 Å². The minimum absolute atomic E-state index is 0.0752. The highest BCUT2D eigenvalue weighted by Gasteiger charge is 2.37. The zero-order valence-corrected chi connectivity index (χ0v) is 6.97. The Balaban J connectivity index is 2.00. The highest BCUT2D eigenvalue weighted by atomic mass is 19.3. The van der Waals surface area contributed by atoms with Crippen molar-refractivity contribution in [1.29, 1.82) is 0 Å². The summed E-state index contributed by atoms with van der Waals surface area (Å²) in [6, 6.07) is 0.454. The summed E-state index contributed by atoms with van der Waals surface area (Å²) in [5.74, 6) is -2.60. The summed E-state index contributed by atoms with van der Waals surface area (Å²) in [6.07, 6.45) is 5.63. The van der Waals surface area contributed by atoms with E-state index in [9.17, 15) is 8.78 Å². The molecule has 1 nitrogen and oxygen atoms in total. The lowest BCUT2D eigenvalue weighted by atomic mass is 10.3. The molecule has 0 aromatic carbocycles. The van der Waals surface area contributed by atoms with Gasteiger partial charge in [-0.1, -0.05) is 6.08 Å². The Labute approximate surface area is 71.0 Å². The van der Waals surface area contributed by atoms with E-state index in [0.717, 1.165) is 31.9 Å². The molecule has 12 heavy (non-hydrogen) atoms. The maximum Gasteiger partial charge on any atom is 0.278 e. The molecule has 0 N–H and O–H groups in total. The molecule has 3 heteroatoms. The van der Waals surface area contributed by atoms with E-state index in [2.05, 4.69) is 0 Å². The van der Waals surface area contributed by atoms with Gasteiger partial charge in [-0.3, -0.25) is 4.90 Å². The van der Waals surface area contributed by atoms with Crippen molar-refractivity contribution in [1.82, 2.24) is 4.90 Å². The van der Waals surface area contributed by atoms with E-state index in [-0.39, 0.29) is 6.54 Å². The molecule has 0 unspecified atom stereocenters. The molecular formula is C9H13F2N. The molecule has 0 saturated heterocycles. The minimum Gasteiger partial charge on any atom is -0.294 e. The molecule has 1 heterocycles. The second-order valence-electron chi connectivity index (χ2n) is 3.65. The Morgan fingerprint density at radius 2 is 2.08 bits per heavy atom. The van der Waals surface area contributed by atoms with Gasteiger partial charge in [-0.25, -0.2) is 8.78 Å². The molecule has 1 saturated carbocycles. The highest BCUT2D eigenvalue weighted by molar-refractivity contribution is 5.02. The van der Waals surface area contributed by atoms with Crippen LogP contribution in [0.1, 0.15) is 19.3 Å². The lowest BCUT2D eigenvalue weighted by Crippen LogP contribution is -2.36. The van der Waals surface area contributed by atoms with Gasteiger partial charge >= 0.3 is 0 Å². The highest BCUT2D eigenvalue weighted by Crippen LogP contribution is 2.31. The summed E-state index contributed by atoms with van der Waals surface area (Å²) < 4.78 is 25.9. The second-order valence-corrected chi connectivity index (χ2v) is 3.65. The van der Waals surface area contributed by atoms with Crippen molar-refractivity contribution in [3.8, 4) is 0 Å². The number of halogens is 2. The lowest BCUT2D eigenvalue weighted by Gasteiger charge is -2.22. The standard InChI is InChI=1S/C9H13F2N/c10-9(11)5-1-2-6-12(7-9)8-3-4-8/h1,5,8H,2-4,6-7H2. The van der Waals surface area contributed by atoms with Crippen molar-refractivity contribution in [2.24, 2.45) is 0 Å². The van der Waals surface area contributed by atoms with Crippen molar-refractivity contribution in [3.63, 3.8) is 0 Å². The van der Waals surface area contributed by atoms with Crippen molar-refractivity contribution in [2.75, 3.05) is 13.1 Å². The smallest absolute Gasteiger partial charge is 0.278 e. The van der Waals surface area contributed by atoms with Gasteiger partial charge in [-0.2, -0.15) is 0 Å². The number of rotatable bonds is 1. The molecule has 68 valence electrons. The molecule has 0 radical (unpaired) electrons. The largest absolute Gasteiger partial charge is 0.294 e. The van der Waals surface area contributed by atoms with Crippen LogP contribution in [0.5, 0.6) is 0 Å². The summed E-state index contributed by atoms with van der Waals surface area (Å²) in [5, 5.41) is 0. The third-order valence-electron chi connectivity index (χ3n) is 2.42. The molecule has 2 aliphatic rings. The van der Waals surface area contributed by atoms with E-state index < -0.39 is 5.92 Å². The van der Waals surface area contributed by atoms with Crippen LogP contribution in [0.3, 0.4) is 0 Å². The summed E-state index contributed by atoms with van der Waals surface area (Å²) in [4.78, 5) is 1.92. The first-order valence-electron chi connectivity index (χ1n) is 4.47. The van der Waals surface area contributed by atoms with E-state index in [4.69, 9.17) is 0 Å². The van der Waals surface area contributed by atoms with Crippen molar-refractivity contribution in [3.05, 3.63) is 12.2 Å². The predicted molar refractivity (Wildman–Crippen MR) is 43.3 cm³/mol. The fraction of sp³-hybridized carbons (Fsp3) is 0.778. The van der Waals surface area contributed by atoms with Crippen LogP contribution in [0, 0.1) is 0 Å². The normalized spacial score (nSPS) is 30.2. The van der Waals surface area contributed by atoms with Crippen LogP contribution in [-0.4, -0.2) is 30.0 Å². The average molecular weight is 173 g/mol. The first kappa shape index (κ1) is 8.17. The van der Waals surface area contributed by atoms with Gasteiger partial charge in [0.1, 0.15) is 0 Å². The maximum atomic E-state index is 13.0. The molecule has 0 spiro atoms. The number of hydrogen-bond acceptors (Lipinski definition) is 1. The molecule has 0 atom stereocenters. The van der Waals surface area contributed by atoms with Gasteiger partial charge in [0, 0.05) is 12.6 Å². The minimum atomic E-state index is -2.60. The van der Waals surface area contributed by atoms with E-state index >= 15 is 0 Å². The van der Waals surface area contributed by atoms with E-state index in [1.165, 1.54) is 0 Å². The average Bonchev–Trinajstić information content (AvgIpc) is 2.73. The van der Waals surface area contributed by atoms with Crippen LogP contribution in [0.4, 0.5) is 8.78 Å². The molecule has 0 aromatic heterocycles. The quantitative estimate of drug-likeness (QED) is 0.548. The van der Waals surface area contributed by atoms with Gasteiger partial charge in [0.25, 0.3) is 5.92 Å². The fourth-order valence-corrected chi connectivity index (χ4v) is 1.65. The summed E-state index contributed by atoms with van der Waals surface area (Å²) >= 11 is 0. The molecule has 0 bridgehead atoms. The fourth-order valence-electron chi connectivity index (χ4n) is 1.65. The number of alkyl halides is 2. The molecule has 1 aliphatic heterocycles. The Morgan fingerprint density at radius 3 is 2.75 bits per heavy atom. The first-order chi connectivity index (χ1) is 5.67. The van der Waals surface area contributed by atoms with E-state index in [1.807, 2.05) is 4.90 Å². The summed E-state index contributed by atoms with van der Waals surface area (Å²) in [7, 11) is 0. The van der Waals surface area contributed by atoms with Gasteiger partial charge in [0.15, 0.2) is 0 Å². The topological polar surface area (TPSA) is 3.24 Å². The van der Waals surface area contributed by atoms with E-state index in [1.54, 1.807) is 6.08 Å². The zero-order valence-electron chi connectivity index (χ0n) is 6.97. The third-order valence-corrected chi connectivity index (χ3v) is 2.42. The molecule has 1 aliphatic carbocycles. The Bertz CT molecular complexity index is 197. The Kier molecular flexibility index (Phi) is 1.91. The third kappa shape index (κ3) is 1.83. The van der Waals surface area contributed by atoms with Crippen LogP contribution in [0.2, 0.25) is 0 Å². The Morgan fingerprint density at radius 1 is 1.33 bits per heavy atom. The SMILES string of the molecule is FC1(F)C=CCCN(C2CC2)C1. The van der Waals surface area contributed by atoms with Crippen LogP contribution >= 0.6 is 0 Å². The summed E-state index contributed by atoms with van der Waals surface area (Å²) in [6.45, 7) is 0.727. The molecule has 1 fully saturated rings. The zero-order chi connectivity index (χ0) is 8.60. The van der Waals surface area contributed by atoms with Crippen LogP contribution in [0.25, 0.3) is 0 Å². The molecule has 0 aromatic rings. The van der Waals surface area contributed by atoms with Crippen LogP contribution in [-0.2, 0) is 0 Å². The monoisotopic (exact) mass is 173 g/mol. The van der Waals surface area contributed by atoms with Gasteiger partial charge < -0.3 is 0 Å². The van der Waals surface area contributed by atoms with Crippen molar-refractivity contribution in [2.45, 2.75) is 31.2 Å². The van der Waals surface area contributed by atoms with Crippen molar-refractivity contribution < 1.29 is 8.78 Å². The predicted octanol–water partition coefficient (Wildman–Crippen LogP) is 2.05. The molecular weight excluding hydrogens is 160 g/mol. The van der Waals surface area contributed by atoms with E-state index in [0.29, 0.717) is 6.04 Å². The second kappa shape index (κ2) is 2.80. The summed E-state index contributed by atoms with van der Waals surface area (Å²) in [5.41, 5.74) is 0. The van der Waals surface area contributed by atoms with Crippen LogP contribution in [0.15, 0.2) is 12.2 Å². The maximum absolute atomic E-state index is 13.0. The Hall–Kier alpha value is -0.440. The van der Waals surface area contributed by atoms with Gasteiger partial charge in [0.2, 0.25) is 0 Å². The first-order valence-corrected chi connectivity index (χ1v) is 4.47. The number of hydrogen-bond donors (Lipinski definition) is 0. The van der Waals surface area contributed by atoms with Gasteiger partial charge in [-0.15, -0.1) is 0 Å². The lowest BCUT2D eigenvalue weighted by molar-refractivity contribution is 0.0152. The van der Waals surface area contributed by atoms with Crippen LogP contribution < -0.4 is 0 Å². The van der Waals surface area contributed by atoms with Gasteiger partial charge in [-0.05, 0) is 25.3 Å². The molecule has 2 rings (SSSR count). The molecule has 0 amide bonds.